The maximum absolute atomic E-state index is 13.4. The molecular formula is C25H33F3N6OS. The molecule has 11 heteroatoms. The zero-order chi connectivity index (χ0) is 25.7. The molecule has 1 atom stereocenters. The molecule has 1 unspecified atom stereocenters. The highest BCUT2D eigenvalue weighted by Gasteiger charge is 2.33. The van der Waals surface area contributed by atoms with Gasteiger partial charge in [0.05, 0.1) is 23.0 Å². The Hall–Kier alpha value is -2.31. The lowest BCUT2D eigenvalue weighted by atomic mass is 10.1. The van der Waals surface area contributed by atoms with Gasteiger partial charge in [-0.2, -0.15) is 13.2 Å². The van der Waals surface area contributed by atoms with Gasteiger partial charge in [0.15, 0.2) is 0 Å². The monoisotopic (exact) mass is 522 g/mol. The fourth-order valence-corrected chi connectivity index (χ4v) is 5.59. The first-order chi connectivity index (χ1) is 17.3. The Morgan fingerprint density at radius 3 is 2.33 bits per heavy atom. The lowest BCUT2D eigenvalue weighted by Crippen LogP contribution is -2.50. The Kier molecular flexibility index (Phi) is 8.78. The molecule has 2 heterocycles. The van der Waals surface area contributed by atoms with Gasteiger partial charge < -0.3 is 26.6 Å². The number of anilines is 2. The van der Waals surface area contributed by atoms with Crippen LogP contribution in [0, 0.1) is 0 Å². The van der Waals surface area contributed by atoms with E-state index < -0.39 is 17.8 Å². The van der Waals surface area contributed by atoms with E-state index in [9.17, 15) is 18.0 Å². The minimum absolute atomic E-state index is 0.126. The van der Waals surface area contributed by atoms with E-state index in [-0.39, 0.29) is 12.5 Å². The van der Waals surface area contributed by atoms with Crippen molar-refractivity contribution >= 4 is 29.0 Å². The predicted octanol–water partition coefficient (Wildman–Crippen LogP) is 2.72. The van der Waals surface area contributed by atoms with Crippen molar-refractivity contribution in [2.75, 3.05) is 63.8 Å². The zero-order valence-corrected chi connectivity index (χ0v) is 21.0. The van der Waals surface area contributed by atoms with Crippen LogP contribution in [0.5, 0.6) is 0 Å². The van der Waals surface area contributed by atoms with Crippen molar-refractivity contribution in [1.29, 1.82) is 0 Å². The highest BCUT2D eigenvalue weighted by molar-refractivity contribution is 7.99. The summed E-state index contributed by atoms with van der Waals surface area (Å²) in [4.78, 5) is 20.3. The maximum Gasteiger partial charge on any atom is 0.416 e. The first-order valence-electron chi connectivity index (χ1n) is 12.2. The Labute approximate surface area is 214 Å². The molecule has 2 aromatic carbocycles. The fourth-order valence-electron chi connectivity index (χ4n) is 4.51. The molecule has 36 heavy (non-hydrogen) atoms. The molecule has 0 radical (unpaired) electrons. The Balaban J connectivity index is 1.30. The lowest BCUT2D eigenvalue weighted by Gasteiger charge is -2.36. The van der Waals surface area contributed by atoms with Crippen LogP contribution in [0.1, 0.15) is 12.0 Å². The van der Waals surface area contributed by atoms with Crippen molar-refractivity contribution in [3.8, 4) is 0 Å². The number of halogens is 3. The van der Waals surface area contributed by atoms with E-state index in [0.29, 0.717) is 18.8 Å². The second-order valence-electron chi connectivity index (χ2n) is 9.07. The standard InChI is InChI=1S/C25H33F3N6OS/c26-25(27,28)18-6-7-23-21(16-18)34(20-4-1-2-5-22(20)36-23)10-3-9-32-12-14-33(15-13-32)11-8-31-24(35)19(30)17-29/h1-2,4-7,16,19H,3,8-15,17,29-30H2,(H,31,35). The number of fused-ring (bicyclic) bond motifs is 2. The molecule has 2 aliphatic heterocycles. The highest BCUT2D eigenvalue weighted by atomic mass is 32.2. The third kappa shape index (κ3) is 6.51. The van der Waals surface area contributed by atoms with Crippen molar-refractivity contribution in [1.82, 2.24) is 15.1 Å². The normalized spacial score (nSPS) is 17.4. The number of carbonyl (C=O) groups is 1. The van der Waals surface area contributed by atoms with Gasteiger partial charge in [-0.3, -0.25) is 9.69 Å². The van der Waals surface area contributed by atoms with Crippen molar-refractivity contribution in [3.63, 3.8) is 0 Å². The van der Waals surface area contributed by atoms with Crippen LogP contribution >= 0.6 is 11.8 Å². The maximum atomic E-state index is 13.4. The number of hydrogen-bond acceptors (Lipinski definition) is 7. The van der Waals surface area contributed by atoms with Gasteiger partial charge in [-0.15, -0.1) is 0 Å². The van der Waals surface area contributed by atoms with E-state index in [1.54, 1.807) is 6.07 Å². The zero-order valence-electron chi connectivity index (χ0n) is 20.1. The van der Waals surface area contributed by atoms with E-state index >= 15 is 0 Å². The summed E-state index contributed by atoms with van der Waals surface area (Å²) in [5.41, 5.74) is 12.0. The summed E-state index contributed by atoms with van der Waals surface area (Å²) in [7, 11) is 0. The van der Waals surface area contributed by atoms with Crippen molar-refractivity contribution in [3.05, 3.63) is 48.0 Å². The summed E-state index contributed by atoms with van der Waals surface area (Å²) < 4.78 is 40.2. The van der Waals surface area contributed by atoms with E-state index in [4.69, 9.17) is 11.5 Å². The average Bonchev–Trinajstić information content (AvgIpc) is 2.87. The third-order valence-electron chi connectivity index (χ3n) is 6.59. The van der Waals surface area contributed by atoms with E-state index in [1.807, 2.05) is 29.2 Å². The van der Waals surface area contributed by atoms with Crippen LogP contribution in [0.3, 0.4) is 0 Å². The highest BCUT2D eigenvalue weighted by Crippen LogP contribution is 2.49. The summed E-state index contributed by atoms with van der Waals surface area (Å²) in [6.07, 6.45) is -3.54. The molecule has 7 nitrogen and oxygen atoms in total. The van der Waals surface area contributed by atoms with Crippen LogP contribution in [0.2, 0.25) is 0 Å². The SMILES string of the molecule is NCC(N)C(=O)NCCN1CCN(CCCN2c3ccccc3Sc3ccc(C(F)(F)F)cc32)CC1. The summed E-state index contributed by atoms with van der Waals surface area (Å²) in [5, 5.41) is 2.82. The summed E-state index contributed by atoms with van der Waals surface area (Å²) >= 11 is 1.51. The minimum Gasteiger partial charge on any atom is -0.353 e. The van der Waals surface area contributed by atoms with Crippen LogP contribution in [-0.2, 0) is 11.0 Å². The van der Waals surface area contributed by atoms with E-state index in [2.05, 4.69) is 15.1 Å². The van der Waals surface area contributed by atoms with E-state index in [1.165, 1.54) is 17.8 Å². The summed E-state index contributed by atoms with van der Waals surface area (Å²) in [5.74, 6) is -0.224. The molecule has 2 aromatic rings. The minimum atomic E-state index is -4.37. The number of hydrogen-bond donors (Lipinski definition) is 3. The predicted molar refractivity (Wildman–Crippen MR) is 137 cm³/mol. The number of amides is 1. The van der Waals surface area contributed by atoms with Crippen LogP contribution < -0.4 is 21.7 Å². The summed E-state index contributed by atoms with van der Waals surface area (Å²) in [6, 6.07) is 11.2. The molecule has 4 rings (SSSR count). The molecule has 0 aromatic heterocycles. The third-order valence-corrected chi connectivity index (χ3v) is 7.72. The number of benzene rings is 2. The number of nitrogens with two attached hydrogens (primary N) is 2. The molecular weight excluding hydrogens is 489 g/mol. The fraction of sp³-hybridized carbons (Fsp3) is 0.480. The topological polar surface area (TPSA) is 90.9 Å². The second-order valence-corrected chi connectivity index (χ2v) is 10.2. The number of nitrogens with zero attached hydrogens (tertiary/aromatic N) is 3. The number of carbonyl (C=O) groups excluding carboxylic acids is 1. The Morgan fingerprint density at radius 2 is 1.64 bits per heavy atom. The first kappa shape index (κ1) is 26.7. The Morgan fingerprint density at radius 1 is 0.972 bits per heavy atom. The van der Waals surface area contributed by atoms with Gasteiger partial charge in [0.2, 0.25) is 5.91 Å². The molecule has 0 bridgehead atoms. The van der Waals surface area contributed by atoms with Crippen LogP contribution in [0.25, 0.3) is 0 Å². The van der Waals surface area contributed by atoms with Gasteiger partial charge in [0.1, 0.15) is 0 Å². The number of rotatable bonds is 9. The second kappa shape index (κ2) is 11.8. The average molecular weight is 523 g/mol. The van der Waals surface area contributed by atoms with Crippen LogP contribution in [0.15, 0.2) is 52.3 Å². The molecule has 1 amide bonds. The van der Waals surface area contributed by atoms with Crippen molar-refractivity contribution in [2.24, 2.45) is 11.5 Å². The van der Waals surface area contributed by atoms with Gasteiger partial charge >= 0.3 is 6.18 Å². The molecule has 0 saturated carbocycles. The van der Waals surface area contributed by atoms with Gasteiger partial charge in [-0.05, 0) is 43.3 Å². The molecule has 0 spiro atoms. The van der Waals surface area contributed by atoms with Crippen molar-refractivity contribution in [2.45, 2.75) is 28.4 Å². The van der Waals surface area contributed by atoms with Gasteiger partial charge in [-0.25, -0.2) is 0 Å². The molecule has 2 aliphatic rings. The molecule has 0 aliphatic carbocycles. The van der Waals surface area contributed by atoms with Gasteiger partial charge in [-0.1, -0.05) is 23.9 Å². The quantitative estimate of drug-likeness (QED) is 0.467. The molecule has 1 fully saturated rings. The van der Waals surface area contributed by atoms with Crippen LogP contribution in [0.4, 0.5) is 24.5 Å². The molecule has 196 valence electrons. The molecule has 1 saturated heterocycles. The van der Waals surface area contributed by atoms with Gasteiger partial charge in [0, 0.05) is 62.1 Å². The number of para-hydroxylation sites is 1. The summed E-state index contributed by atoms with van der Waals surface area (Å²) in [6.45, 7) is 6.57. The van der Waals surface area contributed by atoms with Gasteiger partial charge in [0.25, 0.3) is 0 Å². The first-order valence-corrected chi connectivity index (χ1v) is 13.0. The lowest BCUT2D eigenvalue weighted by molar-refractivity contribution is -0.137. The van der Waals surface area contributed by atoms with Crippen molar-refractivity contribution < 1.29 is 18.0 Å². The smallest absolute Gasteiger partial charge is 0.353 e. The van der Waals surface area contributed by atoms with Crippen LogP contribution in [-0.4, -0.2) is 80.7 Å². The Bertz CT molecular complexity index is 1040. The molecule has 5 N–H and O–H groups in total. The number of piperazine rings is 1. The number of nitrogens with one attached hydrogen (secondary N) is 1. The van der Waals surface area contributed by atoms with E-state index in [0.717, 1.165) is 67.2 Å². The largest absolute Gasteiger partial charge is 0.416 e. The number of alkyl halides is 3.